The summed E-state index contributed by atoms with van der Waals surface area (Å²) in [5.74, 6) is -0.293. The van der Waals surface area contributed by atoms with Crippen LogP contribution in [0.3, 0.4) is 0 Å². The Balaban J connectivity index is 1.83. The highest BCUT2D eigenvalue weighted by Crippen LogP contribution is 2.31. The highest BCUT2D eigenvalue weighted by Gasteiger charge is 2.40. The summed E-state index contributed by atoms with van der Waals surface area (Å²) in [7, 11) is 0. The van der Waals surface area contributed by atoms with Gasteiger partial charge in [-0.15, -0.1) is 0 Å². The van der Waals surface area contributed by atoms with Crippen molar-refractivity contribution < 1.29 is 9.47 Å². The van der Waals surface area contributed by atoms with Crippen molar-refractivity contribution in [2.75, 3.05) is 32.8 Å². The summed E-state index contributed by atoms with van der Waals surface area (Å²) in [6.45, 7) is 6.25. The van der Waals surface area contributed by atoms with E-state index in [1.807, 2.05) is 0 Å². The first-order valence-electron chi connectivity index (χ1n) is 5.56. The van der Waals surface area contributed by atoms with Crippen LogP contribution in [0.4, 0.5) is 0 Å². The Morgan fingerprint density at radius 2 is 1.93 bits per heavy atom. The second-order valence-corrected chi connectivity index (χ2v) is 4.32. The van der Waals surface area contributed by atoms with Gasteiger partial charge in [0, 0.05) is 32.5 Å². The Bertz CT molecular complexity index is 232. The van der Waals surface area contributed by atoms with Crippen LogP contribution in [0.15, 0.2) is 0 Å². The van der Waals surface area contributed by atoms with E-state index in [0.717, 1.165) is 50.8 Å². The number of hydrogen-bond acceptors (Lipinski definition) is 3. The van der Waals surface area contributed by atoms with Crippen LogP contribution in [0.2, 0.25) is 0 Å². The molecule has 2 aliphatic rings. The van der Waals surface area contributed by atoms with Gasteiger partial charge in [0.2, 0.25) is 0 Å². The molecule has 0 aromatic carbocycles. The molecule has 0 bridgehead atoms. The van der Waals surface area contributed by atoms with Crippen LogP contribution < -0.4 is 5.32 Å². The van der Waals surface area contributed by atoms with Crippen molar-refractivity contribution in [3.05, 3.63) is 0 Å². The van der Waals surface area contributed by atoms with E-state index in [0.29, 0.717) is 0 Å². The lowest BCUT2D eigenvalue weighted by Crippen LogP contribution is -2.50. The molecule has 0 aromatic rings. The molecule has 4 nitrogen and oxygen atoms in total. The second-order valence-electron chi connectivity index (χ2n) is 3.93. The van der Waals surface area contributed by atoms with Crippen molar-refractivity contribution in [1.82, 2.24) is 10.2 Å². The maximum Gasteiger partial charge on any atom is 0.171 e. The third-order valence-electron chi connectivity index (χ3n) is 2.95. The lowest BCUT2D eigenvalue weighted by molar-refractivity contribution is -0.180. The first-order valence-corrected chi connectivity index (χ1v) is 5.97. The average Bonchev–Trinajstić information content (AvgIpc) is 2.68. The third-order valence-corrected chi connectivity index (χ3v) is 3.36. The molecule has 2 fully saturated rings. The minimum Gasteiger partial charge on any atom is -0.363 e. The molecular formula is C10H18N2O2S. The summed E-state index contributed by atoms with van der Waals surface area (Å²) in [6.07, 6.45) is 1.83. The van der Waals surface area contributed by atoms with E-state index in [1.165, 1.54) is 0 Å². The van der Waals surface area contributed by atoms with Crippen molar-refractivity contribution in [3.63, 3.8) is 0 Å². The number of hydrogen-bond donors (Lipinski definition) is 1. The SMILES string of the molecule is CCNC(=S)N1CCC2(CC1)OCCO2. The highest BCUT2D eigenvalue weighted by atomic mass is 32.1. The van der Waals surface area contributed by atoms with Crippen LogP contribution >= 0.6 is 12.2 Å². The second kappa shape index (κ2) is 4.63. The number of likely N-dealkylation sites (tertiary alicyclic amines) is 1. The molecule has 1 spiro atoms. The number of piperidine rings is 1. The fraction of sp³-hybridized carbons (Fsp3) is 0.900. The van der Waals surface area contributed by atoms with E-state index < -0.39 is 0 Å². The van der Waals surface area contributed by atoms with Crippen molar-refractivity contribution in [2.45, 2.75) is 25.6 Å². The highest BCUT2D eigenvalue weighted by molar-refractivity contribution is 7.80. The van der Waals surface area contributed by atoms with Gasteiger partial charge in [-0.3, -0.25) is 0 Å². The Kier molecular flexibility index (Phi) is 3.43. The predicted octanol–water partition coefficient (Wildman–Crippen LogP) is 0.720. The van der Waals surface area contributed by atoms with Crippen LogP contribution in [0.1, 0.15) is 19.8 Å². The molecule has 0 unspecified atom stereocenters. The predicted molar refractivity (Wildman–Crippen MR) is 61.7 cm³/mol. The number of ether oxygens (including phenoxy) is 2. The van der Waals surface area contributed by atoms with E-state index in [2.05, 4.69) is 17.1 Å². The quantitative estimate of drug-likeness (QED) is 0.671. The summed E-state index contributed by atoms with van der Waals surface area (Å²) in [6, 6.07) is 0. The van der Waals surface area contributed by atoms with Crippen LogP contribution in [0.25, 0.3) is 0 Å². The van der Waals surface area contributed by atoms with Gasteiger partial charge in [0.15, 0.2) is 10.9 Å². The van der Waals surface area contributed by atoms with Gasteiger partial charge >= 0.3 is 0 Å². The fourth-order valence-corrected chi connectivity index (χ4v) is 2.43. The molecule has 0 aliphatic carbocycles. The molecule has 0 saturated carbocycles. The number of nitrogens with one attached hydrogen (secondary N) is 1. The van der Waals surface area contributed by atoms with Crippen LogP contribution in [0, 0.1) is 0 Å². The van der Waals surface area contributed by atoms with Gasteiger partial charge in [0.05, 0.1) is 13.2 Å². The van der Waals surface area contributed by atoms with E-state index >= 15 is 0 Å². The Hall–Kier alpha value is -0.390. The van der Waals surface area contributed by atoms with Crippen LogP contribution in [0.5, 0.6) is 0 Å². The Morgan fingerprint density at radius 1 is 1.33 bits per heavy atom. The van der Waals surface area contributed by atoms with E-state index in [1.54, 1.807) is 0 Å². The van der Waals surface area contributed by atoms with Gasteiger partial charge in [-0.1, -0.05) is 0 Å². The summed E-state index contributed by atoms with van der Waals surface area (Å²) >= 11 is 5.27. The summed E-state index contributed by atoms with van der Waals surface area (Å²) < 4.78 is 11.3. The molecule has 86 valence electrons. The molecule has 2 saturated heterocycles. The van der Waals surface area contributed by atoms with Gasteiger partial charge in [-0.25, -0.2) is 0 Å². The molecule has 0 amide bonds. The molecule has 2 aliphatic heterocycles. The van der Waals surface area contributed by atoms with Crippen molar-refractivity contribution >= 4 is 17.3 Å². The minimum absolute atomic E-state index is 0.293. The van der Waals surface area contributed by atoms with Gasteiger partial charge < -0.3 is 19.7 Å². The lowest BCUT2D eigenvalue weighted by Gasteiger charge is -2.38. The maximum absolute atomic E-state index is 5.66. The molecule has 0 radical (unpaired) electrons. The molecule has 0 atom stereocenters. The Morgan fingerprint density at radius 3 is 2.47 bits per heavy atom. The molecule has 2 rings (SSSR count). The molecule has 1 N–H and O–H groups in total. The zero-order chi connectivity index (χ0) is 10.7. The fourth-order valence-electron chi connectivity index (χ4n) is 2.10. The van der Waals surface area contributed by atoms with Gasteiger partial charge in [-0.2, -0.15) is 0 Å². The van der Waals surface area contributed by atoms with E-state index in [4.69, 9.17) is 21.7 Å². The Labute approximate surface area is 95.9 Å². The van der Waals surface area contributed by atoms with Crippen molar-refractivity contribution in [2.24, 2.45) is 0 Å². The standard InChI is InChI=1S/C10H18N2O2S/c1-2-11-9(15)12-5-3-10(4-6-12)13-7-8-14-10/h2-8H2,1H3,(H,11,15). The normalized spacial score (nSPS) is 24.5. The van der Waals surface area contributed by atoms with E-state index in [-0.39, 0.29) is 5.79 Å². The monoisotopic (exact) mass is 230 g/mol. The third kappa shape index (κ3) is 2.41. The molecule has 2 heterocycles. The maximum atomic E-state index is 5.66. The summed E-state index contributed by atoms with van der Waals surface area (Å²) in [5.41, 5.74) is 0. The molecular weight excluding hydrogens is 212 g/mol. The summed E-state index contributed by atoms with van der Waals surface area (Å²) in [5, 5.41) is 4.02. The summed E-state index contributed by atoms with van der Waals surface area (Å²) in [4.78, 5) is 2.19. The molecule has 15 heavy (non-hydrogen) atoms. The largest absolute Gasteiger partial charge is 0.363 e. The van der Waals surface area contributed by atoms with Crippen LogP contribution in [-0.2, 0) is 9.47 Å². The average molecular weight is 230 g/mol. The lowest BCUT2D eigenvalue weighted by atomic mass is 10.0. The smallest absolute Gasteiger partial charge is 0.171 e. The van der Waals surface area contributed by atoms with Gasteiger partial charge in [0.1, 0.15) is 0 Å². The molecule has 5 heteroatoms. The number of nitrogens with zero attached hydrogens (tertiary/aromatic N) is 1. The zero-order valence-corrected chi connectivity index (χ0v) is 9.94. The van der Waals surface area contributed by atoms with Crippen LogP contribution in [-0.4, -0.2) is 48.6 Å². The van der Waals surface area contributed by atoms with Crippen molar-refractivity contribution in [3.8, 4) is 0 Å². The van der Waals surface area contributed by atoms with Gasteiger partial charge in [-0.05, 0) is 19.1 Å². The molecule has 0 aromatic heterocycles. The topological polar surface area (TPSA) is 33.7 Å². The van der Waals surface area contributed by atoms with Gasteiger partial charge in [0.25, 0.3) is 0 Å². The van der Waals surface area contributed by atoms with Crippen molar-refractivity contribution in [1.29, 1.82) is 0 Å². The first-order chi connectivity index (χ1) is 7.26. The minimum atomic E-state index is -0.293. The number of rotatable bonds is 1. The zero-order valence-electron chi connectivity index (χ0n) is 9.12. The first kappa shape index (κ1) is 11.1. The number of thiocarbonyl (C=S) groups is 1. The van der Waals surface area contributed by atoms with E-state index in [9.17, 15) is 0 Å².